The van der Waals surface area contributed by atoms with Crippen molar-refractivity contribution in [3.63, 3.8) is 0 Å². The highest BCUT2D eigenvalue weighted by Crippen LogP contribution is 2.46. The van der Waals surface area contributed by atoms with Crippen molar-refractivity contribution in [2.45, 2.75) is 0 Å². The molecule has 2 heterocycles. The van der Waals surface area contributed by atoms with Crippen LogP contribution in [0.2, 0.25) is 0 Å². The smallest absolute Gasteiger partial charge is 0.136 e. The van der Waals surface area contributed by atoms with Crippen molar-refractivity contribution < 1.29 is 4.42 Å². The van der Waals surface area contributed by atoms with Crippen LogP contribution in [0.4, 0.5) is 0 Å². The summed E-state index contributed by atoms with van der Waals surface area (Å²) in [6, 6.07) is 58.4. The molecule has 0 unspecified atom stereocenters. The standard InChI is InChI=1S/C45H27NO/c1-3-13-28(14-4-1)41-31-17-7-9-19-33(31)42(34-20-10-8-18-32(34)41)30-23-24-35-38(27-30)46-45(29-15-5-2-6-16-29)37-25-26-40-44(43(35)37)36-21-11-12-22-39(36)47-40/h1-27H. The molecule has 2 aromatic heterocycles. The Balaban J connectivity index is 1.34. The normalized spacial score (nSPS) is 11.8. The van der Waals surface area contributed by atoms with Crippen LogP contribution in [0, 0.1) is 0 Å². The number of nitrogens with zero attached hydrogens (tertiary/aromatic N) is 1. The zero-order valence-electron chi connectivity index (χ0n) is 25.4. The number of aromatic nitrogens is 1. The Morgan fingerprint density at radius 3 is 1.53 bits per heavy atom. The first-order valence-electron chi connectivity index (χ1n) is 16.1. The van der Waals surface area contributed by atoms with Gasteiger partial charge in [0.2, 0.25) is 0 Å². The number of fused-ring (bicyclic) bond motifs is 9. The van der Waals surface area contributed by atoms with Gasteiger partial charge >= 0.3 is 0 Å². The second kappa shape index (κ2) is 10.1. The number of hydrogen-bond acceptors (Lipinski definition) is 2. The summed E-state index contributed by atoms with van der Waals surface area (Å²) in [5.41, 5.74) is 9.70. The molecular formula is C45H27NO. The number of benzene rings is 8. The molecule has 0 bridgehead atoms. The monoisotopic (exact) mass is 597 g/mol. The van der Waals surface area contributed by atoms with E-state index in [0.29, 0.717) is 0 Å². The van der Waals surface area contributed by atoms with Gasteiger partial charge in [0.1, 0.15) is 11.2 Å². The lowest BCUT2D eigenvalue weighted by molar-refractivity contribution is 0.669. The van der Waals surface area contributed by atoms with E-state index in [1.54, 1.807) is 0 Å². The summed E-state index contributed by atoms with van der Waals surface area (Å²) >= 11 is 0. The van der Waals surface area contributed by atoms with Gasteiger partial charge in [-0.15, -0.1) is 0 Å². The molecule has 0 fully saturated rings. The van der Waals surface area contributed by atoms with E-state index in [1.165, 1.54) is 43.6 Å². The molecule has 0 N–H and O–H groups in total. The molecule has 8 aromatic carbocycles. The molecule has 218 valence electrons. The molecule has 10 rings (SSSR count). The molecule has 0 saturated carbocycles. The molecule has 0 aliphatic heterocycles. The largest absolute Gasteiger partial charge is 0.456 e. The number of hydrogen-bond donors (Lipinski definition) is 0. The fourth-order valence-corrected chi connectivity index (χ4v) is 7.64. The average Bonchev–Trinajstić information content (AvgIpc) is 3.53. The van der Waals surface area contributed by atoms with E-state index in [0.717, 1.165) is 55.0 Å². The topological polar surface area (TPSA) is 26.0 Å². The van der Waals surface area contributed by atoms with Crippen LogP contribution in [0.3, 0.4) is 0 Å². The summed E-state index contributed by atoms with van der Waals surface area (Å²) in [5, 5.41) is 10.6. The Morgan fingerprint density at radius 1 is 0.340 bits per heavy atom. The van der Waals surface area contributed by atoms with Crippen molar-refractivity contribution in [2.24, 2.45) is 0 Å². The third-order valence-electron chi connectivity index (χ3n) is 9.63. The lowest BCUT2D eigenvalue weighted by atomic mass is 9.85. The summed E-state index contributed by atoms with van der Waals surface area (Å²) < 4.78 is 6.37. The van der Waals surface area contributed by atoms with Gasteiger partial charge in [0, 0.05) is 32.5 Å². The maximum Gasteiger partial charge on any atom is 0.136 e. The lowest BCUT2D eigenvalue weighted by Crippen LogP contribution is -1.93. The van der Waals surface area contributed by atoms with Gasteiger partial charge in [0.25, 0.3) is 0 Å². The Labute approximate surface area is 271 Å². The molecule has 2 heteroatoms. The van der Waals surface area contributed by atoms with E-state index >= 15 is 0 Å². The minimum absolute atomic E-state index is 0.891. The highest BCUT2D eigenvalue weighted by atomic mass is 16.3. The first kappa shape index (κ1) is 26.0. The van der Waals surface area contributed by atoms with E-state index in [2.05, 4.69) is 158 Å². The van der Waals surface area contributed by atoms with Crippen molar-refractivity contribution in [3.8, 4) is 33.5 Å². The first-order valence-corrected chi connectivity index (χ1v) is 16.1. The van der Waals surface area contributed by atoms with E-state index in [9.17, 15) is 0 Å². The summed E-state index contributed by atoms with van der Waals surface area (Å²) in [4.78, 5) is 5.43. The van der Waals surface area contributed by atoms with Crippen LogP contribution < -0.4 is 0 Å². The molecule has 0 atom stereocenters. The maximum atomic E-state index is 6.37. The van der Waals surface area contributed by atoms with E-state index < -0.39 is 0 Å². The lowest BCUT2D eigenvalue weighted by Gasteiger charge is -2.18. The van der Waals surface area contributed by atoms with Gasteiger partial charge in [-0.25, -0.2) is 4.98 Å². The van der Waals surface area contributed by atoms with Gasteiger partial charge in [-0.3, -0.25) is 0 Å². The number of rotatable bonds is 3. The van der Waals surface area contributed by atoms with Gasteiger partial charge < -0.3 is 4.42 Å². The molecule has 2 nitrogen and oxygen atoms in total. The van der Waals surface area contributed by atoms with Crippen molar-refractivity contribution in [1.82, 2.24) is 4.98 Å². The van der Waals surface area contributed by atoms with Crippen molar-refractivity contribution >= 4 is 65.2 Å². The number of furan rings is 1. The fourth-order valence-electron chi connectivity index (χ4n) is 7.64. The molecule has 0 spiro atoms. The maximum absolute atomic E-state index is 6.37. The Kier molecular flexibility index (Phi) is 5.61. The fraction of sp³-hybridized carbons (Fsp3) is 0. The Hall–Kier alpha value is -6.25. The first-order chi connectivity index (χ1) is 23.3. The highest BCUT2D eigenvalue weighted by molar-refractivity contribution is 6.29. The number of para-hydroxylation sites is 1. The van der Waals surface area contributed by atoms with Crippen LogP contribution in [0.15, 0.2) is 168 Å². The quantitative estimate of drug-likeness (QED) is 0.150. The summed E-state index contributed by atoms with van der Waals surface area (Å²) in [5.74, 6) is 0. The highest BCUT2D eigenvalue weighted by Gasteiger charge is 2.20. The van der Waals surface area contributed by atoms with Gasteiger partial charge in [-0.2, -0.15) is 0 Å². The van der Waals surface area contributed by atoms with E-state index in [1.807, 2.05) is 6.07 Å². The van der Waals surface area contributed by atoms with Gasteiger partial charge in [0.05, 0.1) is 11.2 Å². The Bertz CT molecular complexity index is 2770. The minimum Gasteiger partial charge on any atom is -0.456 e. The van der Waals surface area contributed by atoms with E-state index in [4.69, 9.17) is 9.40 Å². The second-order valence-electron chi connectivity index (χ2n) is 12.2. The molecule has 10 aromatic rings. The molecular weight excluding hydrogens is 571 g/mol. The molecule has 0 radical (unpaired) electrons. The third kappa shape index (κ3) is 3.89. The summed E-state index contributed by atoms with van der Waals surface area (Å²) in [7, 11) is 0. The summed E-state index contributed by atoms with van der Waals surface area (Å²) in [6.45, 7) is 0. The van der Waals surface area contributed by atoms with Gasteiger partial charge in [-0.1, -0.05) is 140 Å². The van der Waals surface area contributed by atoms with Gasteiger partial charge in [0.15, 0.2) is 0 Å². The van der Waals surface area contributed by atoms with Crippen LogP contribution in [0.1, 0.15) is 0 Å². The molecule has 0 amide bonds. The predicted molar refractivity (Wildman–Crippen MR) is 198 cm³/mol. The van der Waals surface area contributed by atoms with Crippen LogP contribution in [0.25, 0.3) is 98.7 Å². The zero-order valence-corrected chi connectivity index (χ0v) is 25.4. The second-order valence-corrected chi connectivity index (χ2v) is 12.2. The summed E-state index contributed by atoms with van der Waals surface area (Å²) in [6.07, 6.45) is 0. The van der Waals surface area contributed by atoms with Crippen LogP contribution in [-0.2, 0) is 0 Å². The van der Waals surface area contributed by atoms with Crippen LogP contribution in [0.5, 0.6) is 0 Å². The minimum atomic E-state index is 0.891. The molecule has 0 aliphatic rings. The van der Waals surface area contributed by atoms with E-state index in [-0.39, 0.29) is 0 Å². The van der Waals surface area contributed by atoms with Crippen molar-refractivity contribution in [3.05, 3.63) is 164 Å². The molecule has 0 saturated heterocycles. The predicted octanol–water partition coefficient (Wildman–Crippen LogP) is 12.6. The van der Waals surface area contributed by atoms with Gasteiger partial charge in [-0.05, 0) is 68.1 Å². The molecule has 0 aliphatic carbocycles. The average molecular weight is 598 g/mol. The number of pyridine rings is 1. The van der Waals surface area contributed by atoms with Crippen molar-refractivity contribution in [2.75, 3.05) is 0 Å². The van der Waals surface area contributed by atoms with Crippen LogP contribution >= 0.6 is 0 Å². The third-order valence-corrected chi connectivity index (χ3v) is 9.63. The Morgan fingerprint density at radius 2 is 0.872 bits per heavy atom. The zero-order chi connectivity index (χ0) is 30.9. The SMILES string of the molecule is c1ccc(-c2c3ccccc3c(-c3ccc4c(c3)nc(-c3ccccc3)c3ccc5oc6ccccc6c5c34)c3ccccc23)cc1. The van der Waals surface area contributed by atoms with Crippen LogP contribution in [-0.4, -0.2) is 4.98 Å². The van der Waals surface area contributed by atoms with Crippen molar-refractivity contribution in [1.29, 1.82) is 0 Å². The molecule has 47 heavy (non-hydrogen) atoms.